The van der Waals surface area contributed by atoms with Crippen molar-refractivity contribution in [2.24, 2.45) is 5.92 Å². The number of nitrogens with zero attached hydrogens (tertiary/aromatic N) is 1. The summed E-state index contributed by atoms with van der Waals surface area (Å²) in [4.78, 5) is 4.24. The van der Waals surface area contributed by atoms with Crippen LogP contribution in [0.3, 0.4) is 0 Å². The van der Waals surface area contributed by atoms with Crippen LogP contribution in [0.2, 0.25) is 0 Å². The normalized spacial score (nSPS) is 32.1. The van der Waals surface area contributed by atoms with Gasteiger partial charge in [-0.25, -0.2) is 0 Å². The van der Waals surface area contributed by atoms with Crippen molar-refractivity contribution in [1.29, 1.82) is 0 Å². The molecule has 3 unspecified atom stereocenters. The van der Waals surface area contributed by atoms with Crippen molar-refractivity contribution < 1.29 is 0 Å². The molecule has 2 N–H and O–H groups in total. The minimum atomic E-state index is 0.401. The predicted octanol–water partition coefficient (Wildman–Crippen LogP) is 3.04. The number of pyridine rings is 1. The van der Waals surface area contributed by atoms with Gasteiger partial charge in [-0.2, -0.15) is 0 Å². The Morgan fingerprint density at radius 1 is 1.25 bits per heavy atom. The molecule has 0 radical (unpaired) electrons. The summed E-state index contributed by atoms with van der Waals surface area (Å²) in [5.74, 6) is 0.814. The fourth-order valence-corrected chi connectivity index (χ4v) is 3.97. The van der Waals surface area contributed by atoms with Crippen LogP contribution >= 0.6 is 0 Å². The summed E-state index contributed by atoms with van der Waals surface area (Å²) < 4.78 is 0. The van der Waals surface area contributed by atoms with E-state index in [1.807, 2.05) is 18.5 Å². The molecule has 2 heterocycles. The summed E-state index contributed by atoms with van der Waals surface area (Å²) in [5, 5.41) is 7.61. The monoisotopic (exact) mass is 273 g/mol. The van der Waals surface area contributed by atoms with Crippen LogP contribution in [-0.4, -0.2) is 23.6 Å². The second kappa shape index (κ2) is 6.68. The quantitative estimate of drug-likeness (QED) is 0.885. The molecule has 2 aliphatic rings. The summed E-state index contributed by atoms with van der Waals surface area (Å²) in [7, 11) is 0. The molecule has 4 atom stereocenters. The topological polar surface area (TPSA) is 37.0 Å². The molecule has 1 aliphatic carbocycles. The highest BCUT2D eigenvalue weighted by atomic mass is 15.0. The van der Waals surface area contributed by atoms with Gasteiger partial charge in [-0.15, -0.1) is 0 Å². The highest BCUT2D eigenvalue weighted by Gasteiger charge is 2.34. The number of piperidine rings is 1. The summed E-state index contributed by atoms with van der Waals surface area (Å²) in [6, 6.07) is 6.01. The van der Waals surface area contributed by atoms with Crippen LogP contribution in [-0.2, 0) is 0 Å². The Bertz CT molecular complexity index is 400. The molecule has 2 fully saturated rings. The molecule has 1 saturated heterocycles. The van der Waals surface area contributed by atoms with Gasteiger partial charge < -0.3 is 10.6 Å². The molecular weight excluding hydrogens is 246 g/mol. The van der Waals surface area contributed by atoms with E-state index < -0.39 is 0 Å². The van der Waals surface area contributed by atoms with Gasteiger partial charge in [-0.05, 0) is 56.7 Å². The van der Waals surface area contributed by atoms with E-state index in [9.17, 15) is 0 Å². The molecule has 1 aromatic heterocycles. The fraction of sp³-hybridized carbons (Fsp3) is 0.706. The molecule has 0 aromatic carbocycles. The Kier molecular flexibility index (Phi) is 4.69. The molecule has 0 amide bonds. The highest BCUT2D eigenvalue weighted by molar-refractivity contribution is 5.13. The molecule has 1 saturated carbocycles. The van der Waals surface area contributed by atoms with Crippen molar-refractivity contribution in [2.45, 2.75) is 63.6 Å². The maximum atomic E-state index is 4.24. The van der Waals surface area contributed by atoms with Crippen LogP contribution in [0.15, 0.2) is 24.5 Å². The average molecular weight is 273 g/mol. The molecule has 1 aliphatic heterocycles. The van der Waals surface area contributed by atoms with Crippen molar-refractivity contribution >= 4 is 0 Å². The van der Waals surface area contributed by atoms with Crippen LogP contribution in [0.4, 0.5) is 0 Å². The predicted molar refractivity (Wildman–Crippen MR) is 82.6 cm³/mol. The third-order valence-electron chi connectivity index (χ3n) is 5.08. The molecule has 3 rings (SSSR count). The molecular formula is C17H27N3. The third kappa shape index (κ3) is 3.21. The Labute approximate surface area is 122 Å². The summed E-state index contributed by atoms with van der Waals surface area (Å²) >= 11 is 0. The summed E-state index contributed by atoms with van der Waals surface area (Å²) in [5.41, 5.74) is 1.30. The number of nitrogens with one attached hydrogen (secondary N) is 2. The van der Waals surface area contributed by atoms with Crippen molar-refractivity contribution in [3.05, 3.63) is 30.1 Å². The Morgan fingerprint density at radius 2 is 2.20 bits per heavy atom. The lowest BCUT2D eigenvalue weighted by atomic mass is 9.88. The van der Waals surface area contributed by atoms with Crippen molar-refractivity contribution in [3.63, 3.8) is 0 Å². The minimum absolute atomic E-state index is 0.401. The first kappa shape index (κ1) is 14.0. The zero-order valence-corrected chi connectivity index (χ0v) is 12.5. The number of hydrogen-bond acceptors (Lipinski definition) is 3. The smallest absolute Gasteiger partial charge is 0.0315 e. The van der Waals surface area contributed by atoms with Crippen LogP contribution in [0.25, 0.3) is 0 Å². The molecule has 0 bridgehead atoms. The van der Waals surface area contributed by atoms with E-state index in [1.54, 1.807) is 0 Å². The van der Waals surface area contributed by atoms with Gasteiger partial charge in [0.05, 0.1) is 0 Å². The SMILES string of the molecule is C[C@H](NC1CCCC1C1CCCCN1)c1cccnc1. The summed E-state index contributed by atoms with van der Waals surface area (Å²) in [6.07, 6.45) is 12.0. The minimum Gasteiger partial charge on any atom is -0.314 e. The maximum absolute atomic E-state index is 4.24. The highest BCUT2D eigenvalue weighted by Crippen LogP contribution is 2.33. The van der Waals surface area contributed by atoms with Crippen molar-refractivity contribution in [3.8, 4) is 0 Å². The molecule has 3 nitrogen and oxygen atoms in total. The number of aromatic nitrogens is 1. The standard InChI is InChI=1S/C17H27N3/c1-13(14-6-5-10-18-12-14)20-17-9-4-7-15(17)16-8-2-3-11-19-16/h5-6,10,12-13,15-17,19-20H,2-4,7-9,11H2,1H3/t13-,15?,16?,17?/m0/s1. The van der Waals surface area contributed by atoms with Crippen LogP contribution in [0.1, 0.15) is 57.1 Å². The zero-order chi connectivity index (χ0) is 13.8. The Balaban J connectivity index is 1.61. The van der Waals surface area contributed by atoms with Gasteiger partial charge in [-0.1, -0.05) is 18.9 Å². The van der Waals surface area contributed by atoms with Crippen molar-refractivity contribution in [1.82, 2.24) is 15.6 Å². The van der Waals surface area contributed by atoms with Gasteiger partial charge in [0.1, 0.15) is 0 Å². The lowest BCUT2D eigenvalue weighted by Crippen LogP contribution is -2.47. The van der Waals surface area contributed by atoms with Crippen LogP contribution in [0, 0.1) is 5.92 Å². The van der Waals surface area contributed by atoms with Gasteiger partial charge in [0.2, 0.25) is 0 Å². The average Bonchev–Trinajstić information content (AvgIpc) is 2.97. The fourth-order valence-electron chi connectivity index (χ4n) is 3.97. The molecule has 110 valence electrons. The van der Waals surface area contributed by atoms with Gasteiger partial charge in [-0.3, -0.25) is 4.98 Å². The van der Waals surface area contributed by atoms with Gasteiger partial charge >= 0.3 is 0 Å². The lowest BCUT2D eigenvalue weighted by Gasteiger charge is -2.34. The van der Waals surface area contributed by atoms with Crippen molar-refractivity contribution in [2.75, 3.05) is 6.54 Å². The van der Waals surface area contributed by atoms with E-state index in [1.165, 1.54) is 50.6 Å². The van der Waals surface area contributed by atoms with Crippen LogP contribution < -0.4 is 10.6 Å². The number of rotatable bonds is 4. The van der Waals surface area contributed by atoms with Gasteiger partial charge in [0, 0.05) is 30.5 Å². The first-order valence-corrected chi connectivity index (χ1v) is 8.24. The molecule has 1 aromatic rings. The molecule has 20 heavy (non-hydrogen) atoms. The first-order valence-electron chi connectivity index (χ1n) is 8.24. The Morgan fingerprint density at radius 3 is 2.95 bits per heavy atom. The van der Waals surface area contributed by atoms with Gasteiger partial charge in [0.15, 0.2) is 0 Å². The van der Waals surface area contributed by atoms with E-state index in [0.717, 1.165) is 12.0 Å². The van der Waals surface area contributed by atoms with Gasteiger partial charge in [0.25, 0.3) is 0 Å². The van der Waals surface area contributed by atoms with E-state index in [0.29, 0.717) is 12.1 Å². The maximum Gasteiger partial charge on any atom is 0.0315 e. The van der Waals surface area contributed by atoms with E-state index in [4.69, 9.17) is 0 Å². The van der Waals surface area contributed by atoms with E-state index >= 15 is 0 Å². The second-order valence-electron chi connectivity index (χ2n) is 6.43. The van der Waals surface area contributed by atoms with Crippen LogP contribution in [0.5, 0.6) is 0 Å². The second-order valence-corrected chi connectivity index (χ2v) is 6.43. The Hall–Kier alpha value is -0.930. The summed E-state index contributed by atoms with van der Waals surface area (Å²) in [6.45, 7) is 3.48. The van der Waals surface area contributed by atoms with E-state index in [-0.39, 0.29) is 0 Å². The first-order chi connectivity index (χ1) is 9.84. The molecule has 3 heteroatoms. The molecule has 0 spiro atoms. The zero-order valence-electron chi connectivity index (χ0n) is 12.5. The van der Waals surface area contributed by atoms with E-state index in [2.05, 4.69) is 28.6 Å². The largest absolute Gasteiger partial charge is 0.314 e. The number of hydrogen-bond donors (Lipinski definition) is 2. The lowest BCUT2D eigenvalue weighted by molar-refractivity contribution is 0.248. The third-order valence-corrected chi connectivity index (χ3v) is 5.08.